The van der Waals surface area contributed by atoms with Gasteiger partial charge in [0.2, 0.25) is 5.91 Å². The fourth-order valence-corrected chi connectivity index (χ4v) is 6.97. The molecule has 1 fully saturated rings. The number of aliphatic hydroxyl groups is 2. The number of nitrogens with zero attached hydrogens (tertiary/aromatic N) is 4. The van der Waals surface area contributed by atoms with Gasteiger partial charge in [-0.3, -0.25) is 22.9 Å². The summed E-state index contributed by atoms with van der Waals surface area (Å²) in [6.45, 7) is 3.09. The zero-order valence-electron chi connectivity index (χ0n) is 24.3. The van der Waals surface area contributed by atoms with Gasteiger partial charge in [0, 0.05) is 12.0 Å². The second-order valence-electron chi connectivity index (χ2n) is 10.7. The number of aliphatic hydroxyl groups excluding tert-OH is 2. The SMILES string of the molecule is CCCCCNC(=O)C(O)C(C)(C)COP(=O)(O)OP(=O)(O)OCC1OC(n2cnc3c(N)ncnc32)C(O)C1OP(=O)(O)O. The van der Waals surface area contributed by atoms with Gasteiger partial charge in [-0.05, 0) is 6.42 Å². The number of unbranched alkanes of at least 4 members (excludes halogenated alkanes) is 2. The lowest BCUT2D eigenvalue weighted by molar-refractivity contribution is -0.136. The molecule has 7 atom stereocenters. The summed E-state index contributed by atoms with van der Waals surface area (Å²) in [6, 6.07) is 0. The second kappa shape index (κ2) is 14.9. The van der Waals surface area contributed by atoms with Gasteiger partial charge in [0.25, 0.3) is 0 Å². The Morgan fingerprint density at radius 1 is 1.13 bits per heavy atom. The Morgan fingerprint density at radius 2 is 1.80 bits per heavy atom. The van der Waals surface area contributed by atoms with Crippen LogP contribution in [-0.4, -0.2) is 99.4 Å². The number of nitrogens with two attached hydrogens (primary N) is 1. The van der Waals surface area contributed by atoms with E-state index < -0.39 is 78.6 Å². The molecule has 256 valence electrons. The highest BCUT2D eigenvalue weighted by Crippen LogP contribution is 2.61. The van der Waals surface area contributed by atoms with E-state index in [9.17, 15) is 48.3 Å². The Bertz CT molecular complexity index is 1470. The van der Waals surface area contributed by atoms with Crippen LogP contribution in [0.3, 0.4) is 0 Å². The molecule has 21 nitrogen and oxygen atoms in total. The number of amides is 1. The predicted octanol–water partition coefficient (Wildman–Crippen LogP) is 0.0888. The summed E-state index contributed by atoms with van der Waals surface area (Å²) in [6.07, 6.45) is -3.90. The number of carbonyl (C=O) groups is 1. The summed E-state index contributed by atoms with van der Waals surface area (Å²) in [4.78, 5) is 62.9. The van der Waals surface area contributed by atoms with Crippen LogP contribution in [-0.2, 0) is 41.1 Å². The molecule has 24 heteroatoms. The van der Waals surface area contributed by atoms with Crippen molar-refractivity contribution in [2.24, 2.45) is 5.41 Å². The van der Waals surface area contributed by atoms with E-state index >= 15 is 0 Å². The molecule has 3 heterocycles. The highest BCUT2D eigenvalue weighted by atomic mass is 31.3. The smallest absolute Gasteiger partial charge is 0.386 e. The van der Waals surface area contributed by atoms with E-state index in [2.05, 4.69) is 29.1 Å². The molecule has 0 bridgehead atoms. The fourth-order valence-electron chi connectivity index (χ4n) is 4.14. The van der Waals surface area contributed by atoms with Crippen molar-refractivity contribution in [3.63, 3.8) is 0 Å². The number of hydrogen-bond donors (Lipinski definition) is 8. The maximum absolute atomic E-state index is 12.5. The third kappa shape index (κ3) is 10.3. The van der Waals surface area contributed by atoms with Gasteiger partial charge >= 0.3 is 23.5 Å². The van der Waals surface area contributed by atoms with Gasteiger partial charge in [0.15, 0.2) is 17.7 Å². The molecule has 45 heavy (non-hydrogen) atoms. The molecule has 1 aliphatic heterocycles. The molecule has 1 saturated heterocycles. The molecule has 7 unspecified atom stereocenters. The maximum atomic E-state index is 12.5. The second-order valence-corrected chi connectivity index (χ2v) is 14.9. The average molecular weight is 706 g/mol. The minimum absolute atomic E-state index is 0.0215. The van der Waals surface area contributed by atoms with E-state index in [1.807, 2.05) is 6.92 Å². The van der Waals surface area contributed by atoms with Gasteiger partial charge in [-0.1, -0.05) is 33.6 Å². The maximum Gasteiger partial charge on any atom is 0.481 e. The molecular weight excluding hydrogens is 669 g/mol. The first-order chi connectivity index (χ1) is 20.8. The van der Waals surface area contributed by atoms with E-state index in [0.717, 1.165) is 30.1 Å². The first-order valence-corrected chi connectivity index (χ1v) is 17.9. The van der Waals surface area contributed by atoms with Crippen molar-refractivity contribution in [2.75, 3.05) is 25.5 Å². The average Bonchev–Trinajstić information content (AvgIpc) is 3.49. The monoisotopic (exact) mass is 706 g/mol. The van der Waals surface area contributed by atoms with Crippen molar-refractivity contribution >= 4 is 46.4 Å². The number of hydrogen-bond acceptors (Lipinski definition) is 15. The zero-order chi connectivity index (χ0) is 33.8. The van der Waals surface area contributed by atoms with Crippen molar-refractivity contribution in [3.8, 4) is 0 Å². The van der Waals surface area contributed by atoms with Crippen LogP contribution < -0.4 is 11.1 Å². The number of fused-ring (bicyclic) bond motifs is 1. The number of nitrogens with one attached hydrogen (secondary N) is 1. The Balaban J connectivity index is 1.65. The molecule has 0 saturated carbocycles. The molecule has 9 N–H and O–H groups in total. The largest absolute Gasteiger partial charge is 0.481 e. The molecule has 0 aliphatic carbocycles. The van der Waals surface area contributed by atoms with Crippen LogP contribution in [0.1, 0.15) is 46.3 Å². The van der Waals surface area contributed by atoms with Gasteiger partial charge in [-0.25, -0.2) is 28.6 Å². The van der Waals surface area contributed by atoms with Gasteiger partial charge in [-0.15, -0.1) is 0 Å². The molecule has 1 amide bonds. The van der Waals surface area contributed by atoms with Crippen molar-refractivity contribution in [3.05, 3.63) is 12.7 Å². The number of phosphoric ester groups is 3. The number of rotatable bonds is 17. The highest BCUT2D eigenvalue weighted by molar-refractivity contribution is 7.61. The molecule has 0 radical (unpaired) electrons. The highest BCUT2D eigenvalue weighted by Gasteiger charge is 2.50. The summed E-state index contributed by atoms with van der Waals surface area (Å²) in [5.74, 6) is -0.778. The van der Waals surface area contributed by atoms with Gasteiger partial charge in [-0.2, -0.15) is 4.31 Å². The van der Waals surface area contributed by atoms with Crippen LogP contribution in [0.2, 0.25) is 0 Å². The van der Waals surface area contributed by atoms with Crippen molar-refractivity contribution < 1.29 is 70.9 Å². The van der Waals surface area contributed by atoms with E-state index in [-0.39, 0.29) is 17.0 Å². The fraction of sp³-hybridized carbons (Fsp3) is 0.714. The number of aromatic nitrogens is 4. The van der Waals surface area contributed by atoms with Crippen LogP contribution in [0.25, 0.3) is 11.2 Å². The van der Waals surface area contributed by atoms with Crippen LogP contribution in [0, 0.1) is 5.41 Å². The van der Waals surface area contributed by atoms with Crippen LogP contribution in [0.4, 0.5) is 5.82 Å². The minimum atomic E-state index is -5.48. The summed E-state index contributed by atoms with van der Waals surface area (Å²) in [5.41, 5.74) is 4.46. The standard InChI is InChI=1S/C21H37N6O15P3/c1-4-5-6-7-23-19(30)16(29)21(2,3)9-39-45(36,37)42-44(34,35)38-8-12-15(41-43(31,32)33)14(28)20(40-12)27-11-26-13-17(22)24-10-25-18(13)27/h10-12,14-16,20,28-29H,4-9H2,1-3H3,(H,23,30)(H,34,35)(H,36,37)(H2,22,24,25)(H2,31,32,33). The van der Waals surface area contributed by atoms with E-state index in [0.29, 0.717) is 13.0 Å². The zero-order valence-corrected chi connectivity index (χ0v) is 27.0. The molecule has 3 rings (SSSR count). The van der Waals surface area contributed by atoms with Gasteiger partial charge in [0.1, 0.15) is 36.3 Å². The van der Waals surface area contributed by atoms with Crippen molar-refractivity contribution in [2.45, 2.75) is 70.7 Å². The Hall–Kier alpha value is -1.93. The quantitative estimate of drug-likeness (QED) is 0.0798. The van der Waals surface area contributed by atoms with Gasteiger partial charge < -0.3 is 45.6 Å². The lowest BCUT2D eigenvalue weighted by Crippen LogP contribution is -2.46. The van der Waals surface area contributed by atoms with Crippen LogP contribution in [0.15, 0.2) is 12.7 Å². The number of anilines is 1. The Labute approximate surface area is 256 Å². The molecule has 2 aromatic rings. The number of carbonyl (C=O) groups excluding carboxylic acids is 1. The number of nitrogen functional groups attached to an aromatic ring is 1. The molecule has 0 spiro atoms. The predicted molar refractivity (Wildman–Crippen MR) is 152 cm³/mol. The number of phosphoric acid groups is 3. The lowest BCUT2D eigenvalue weighted by atomic mass is 9.87. The van der Waals surface area contributed by atoms with Crippen molar-refractivity contribution in [1.82, 2.24) is 24.8 Å². The van der Waals surface area contributed by atoms with Crippen molar-refractivity contribution in [1.29, 1.82) is 0 Å². The summed E-state index contributed by atoms with van der Waals surface area (Å²) in [5, 5.41) is 23.7. The first-order valence-electron chi connectivity index (χ1n) is 13.4. The van der Waals surface area contributed by atoms with E-state index in [1.165, 1.54) is 13.8 Å². The van der Waals surface area contributed by atoms with E-state index in [1.54, 1.807) is 0 Å². The summed E-state index contributed by atoms with van der Waals surface area (Å²) in [7, 11) is -16.1. The third-order valence-electron chi connectivity index (χ3n) is 6.51. The topological polar surface area (TPSA) is 317 Å². The minimum Gasteiger partial charge on any atom is -0.386 e. The molecule has 1 aliphatic rings. The molecule has 2 aromatic heterocycles. The van der Waals surface area contributed by atoms with Crippen LogP contribution >= 0.6 is 23.5 Å². The summed E-state index contributed by atoms with van der Waals surface area (Å²) < 4.78 is 61.7. The number of imidazole rings is 1. The summed E-state index contributed by atoms with van der Waals surface area (Å²) >= 11 is 0. The lowest BCUT2D eigenvalue weighted by Gasteiger charge is -2.30. The Morgan fingerprint density at radius 3 is 2.44 bits per heavy atom. The molecular formula is C21H37N6O15P3. The number of ether oxygens (including phenoxy) is 1. The first kappa shape index (κ1) is 37.5. The van der Waals surface area contributed by atoms with Gasteiger partial charge in [0.05, 0.1) is 19.5 Å². The van der Waals surface area contributed by atoms with E-state index in [4.69, 9.17) is 19.5 Å². The third-order valence-corrected chi connectivity index (χ3v) is 9.61. The normalized spacial score (nSPS) is 24.3. The van der Waals surface area contributed by atoms with Crippen LogP contribution in [0.5, 0.6) is 0 Å². The molecule has 0 aromatic carbocycles. The Kier molecular flexibility index (Phi) is 12.4.